The Morgan fingerprint density at radius 1 is 1.00 bits per heavy atom. The molecular weight excluding hydrogens is 628 g/mol. The Balaban J connectivity index is 2.97. The highest BCUT2D eigenvalue weighted by atomic mass is 28.4. The van der Waals surface area contributed by atoms with Crippen LogP contribution in [0.4, 0.5) is 0 Å². The van der Waals surface area contributed by atoms with E-state index in [1.54, 1.807) is 26.4 Å². The van der Waals surface area contributed by atoms with E-state index in [-0.39, 0.29) is 36.7 Å². The van der Waals surface area contributed by atoms with Gasteiger partial charge >= 0.3 is 5.97 Å². The molecule has 0 aliphatic heterocycles. The summed E-state index contributed by atoms with van der Waals surface area (Å²) in [7, 11) is 1.09. The quantitative estimate of drug-likeness (QED) is 0.0395. The minimum atomic E-state index is -2.12. The Bertz CT molecular complexity index is 1160. The van der Waals surface area contributed by atoms with Crippen molar-refractivity contribution in [2.45, 2.75) is 110 Å². The van der Waals surface area contributed by atoms with E-state index in [1.807, 2.05) is 51.1 Å². The minimum Gasteiger partial charge on any atom is -0.497 e. The number of carbonyl (C=O) groups is 2. The van der Waals surface area contributed by atoms with Crippen molar-refractivity contribution in [2.75, 3.05) is 34.0 Å². The topological polar surface area (TPSA) is 110 Å². The van der Waals surface area contributed by atoms with E-state index in [0.29, 0.717) is 19.6 Å². The number of ether oxygens (including phenoxy) is 5. The van der Waals surface area contributed by atoms with Gasteiger partial charge in [0.2, 0.25) is 0 Å². The molecule has 0 fully saturated rings. The number of aliphatic hydroxyl groups excluding tert-OH is 1. The molecule has 6 atom stereocenters. The van der Waals surface area contributed by atoms with Crippen molar-refractivity contribution in [3.8, 4) is 5.75 Å². The van der Waals surface area contributed by atoms with Crippen molar-refractivity contribution in [3.63, 3.8) is 0 Å². The molecule has 0 radical (unpaired) electrons. The lowest BCUT2D eigenvalue weighted by molar-refractivity contribution is -0.153. The first-order valence-corrected chi connectivity index (χ1v) is 19.7. The Morgan fingerprint density at radius 2 is 1.65 bits per heavy atom. The zero-order valence-electron chi connectivity index (χ0n) is 31.1. The molecule has 0 saturated heterocycles. The molecule has 0 heterocycles. The molecule has 0 aromatic heterocycles. The fraction of sp³-hybridized carbons (Fsp3) is 0.632. The van der Waals surface area contributed by atoms with E-state index < -0.39 is 50.7 Å². The molecule has 0 saturated carbocycles. The number of rotatable bonds is 24. The maximum atomic E-state index is 13.1. The first kappa shape index (κ1) is 43.4. The summed E-state index contributed by atoms with van der Waals surface area (Å²) in [5, 5.41) is 11.2. The molecule has 1 N–H and O–H groups in total. The van der Waals surface area contributed by atoms with E-state index in [4.69, 9.17) is 28.1 Å². The van der Waals surface area contributed by atoms with Crippen LogP contribution in [0, 0.1) is 11.8 Å². The van der Waals surface area contributed by atoms with Crippen molar-refractivity contribution < 1.29 is 42.8 Å². The van der Waals surface area contributed by atoms with E-state index >= 15 is 0 Å². The summed E-state index contributed by atoms with van der Waals surface area (Å²) in [6.07, 6.45) is 2.65. The normalized spacial score (nSPS) is 16.3. The average molecular weight is 691 g/mol. The Morgan fingerprint density at radius 3 is 2.19 bits per heavy atom. The predicted octanol–water partition coefficient (Wildman–Crippen LogP) is 7.24. The molecule has 1 aromatic rings. The molecule has 48 heavy (non-hydrogen) atoms. The first-order valence-electron chi connectivity index (χ1n) is 16.8. The molecule has 9 nitrogen and oxygen atoms in total. The number of carbonyl (C=O) groups excluding carboxylic acids is 2. The second-order valence-electron chi connectivity index (χ2n) is 14.0. The van der Waals surface area contributed by atoms with Crippen molar-refractivity contribution in [3.05, 3.63) is 66.8 Å². The van der Waals surface area contributed by atoms with Crippen LogP contribution < -0.4 is 4.74 Å². The second kappa shape index (κ2) is 21.5. The first-order chi connectivity index (χ1) is 22.5. The third-order valence-corrected chi connectivity index (χ3v) is 13.6. The summed E-state index contributed by atoms with van der Waals surface area (Å²) in [4.78, 5) is 26.1. The Hall–Kier alpha value is -2.60. The summed E-state index contributed by atoms with van der Waals surface area (Å²) in [5.74, 6) is -0.966. The smallest absolute Gasteiger partial charge is 0.313 e. The van der Waals surface area contributed by atoms with Crippen molar-refractivity contribution in [1.29, 1.82) is 0 Å². The number of hydrogen-bond acceptors (Lipinski definition) is 9. The number of hydrogen-bond donors (Lipinski definition) is 1. The number of benzene rings is 1. The molecule has 0 aliphatic carbocycles. The highest BCUT2D eigenvalue weighted by molar-refractivity contribution is 6.74. The lowest BCUT2D eigenvalue weighted by atomic mass is 9.84. The standard InChI is InChI=1S/C38H62O9Si/c1-13-20-44-21-19-27(3)22-33(26-46-48(11,12)38(6,7)8)47-36(41)24-31(39)23-34(40)28(4)37(29(5)35(14-2)43-10)45-25-30-15-17-32(42-9)18-16-30/h13-19,28-29,33-35,37,40H,1-2,20-26H2,3-12H3/b27-19+/t28-,29-,33-,34+,35-,37-/m1/s1. The maximum Gasteiger partial charge on any atom is 0.313 e. The van der Waals surface area contributed by atoms with Crippen molar-refractivity contribution >= 4 is 20.1 Å². The van der Waals surface area contributed by atoms with Gasteiger partial charge in [-0.1, -0.05) is 70.6 Å². The SMILES string of the molecule is C=CCOC/C=C(\C)C[C@H](CO[Si](C)(C)C(C)(C)C)OC(=O)CC(=O)C[C@H](O)[C@@H](C)[C@@H](OCc1ccc(OC)cc1)[C@H](C)[C@@H](C=C)OC. The molecule has 272 valence electrons. The van der Waals surface area contributed by atoms with Gasteiger partial charge in [0.15, 0.2) is 8.32 Å². The van der Waals surface area contributed by atoms with Crippen LogP contribution in [0.15, 0.2) is 61.2 Å². The number of Topliss-reactive ketones (excluding diaryl/α,β-unsaturated/α-hetero) is 1. The van der Waals surface area contributed by atoms with Gasteiger partial charge in [-0.3, -0.25) is 9.59 Å². The van der Waals surface area contributed by atoms with Gasteiger partial charge in [0.1, 0.15) is 24.1 Å². The van der Waals surface area contributed by atoms with Crippen LogP contribution in [0.5, 0.6) is 5.75 Å². The van der Waals surface area contributed by atoms with E-state index in [9.17, 15) is 14.7 Å². The van der Waals surface area contributed by atoms with E-state index in [2.05, 4.69) is 47.0 Å². The van der Waals surface area contributed by atoms with Gasteiger partial charge in [-0.2, -0.15) is 0 Å². The Labute approximate surface area is 290 Å². The third kappa shape index (κ3) is 15.3. The van der Waals surface area contributed by atoms with Crippen LogP contribution in [-0.4, -0.2) is 83.6 Å². The van der Waals surface area contributed by atoms with Crippen LogP contribution >= 0.6 is 0 Å². The van der Waals surface area contributed by atoms with Crippen LogP contribution in [0.3, 0.4) is 0 Å². The zero-order chi connectivity index (χ0) is 36.5. The van der Waals surface area contributed by atoms with Gasteiger partial charge in [0, 0.05) is 31.8 Å². The summed E-state index contributed by atoms with van der Waals surface area (Å²) < 4.78 is 34.8. The van der Waals surface area contributed by atoms with Crippen LogP contribution in [0.25, 0.3) is 0 Å². The third-order valence-electron chi connectivity index (χ3n) is 9.12. The van der Waals surface area contributed by atoms with Crippen LogP contribution in [0.2, 0.25) is 18.1 Å². The molecule has 10 heteroatoms. The highest BCUT2D eigenvalue weighted by Crippen LogP contribution is 2.37. The summed E-state index contributed by atoms with van der Waals surface area (Å²) in [5.41, 5.74) is 1.91. The largest absolute Gasteiger partial charge is 0.497 e. The van der Waals surface area contributed by atoms with Gasteiger partial charge < -0.3 is 33.2 Å². The van der Waals surface area contributed by atoms with Crippen LogP contribution in [0.1, 0.15) is 66.4 Å². The second-order valence-corrected chi connectivity index (χ2v) is 18.8. The van der Waals surface area contributed by atoms with Gasteiger partial charge in [-0.05, 0) is 42.8 Å². The van der Waals surface area contributed by atoms with Gasteiger partial charge in [-0.15, -0.1) is 13.2 Å². The van der Waals surface area contributed by atoms with Gasteiger partial charge in [-0.25, -0.2) is 0 Å². The monoisotopic (exact) mass is 690 g/mol. The van der Waals surface area contributed by atoms with Crippen LogP contribution in [-0.2, 0) is 39.6 Å². The molecule has 0 amide bonds. The zero-order valence-corrected chi connectivity index (χ0v) is 32.1. The summed E-state index contributed by atoms with van der Waals surface area (Å²) in [6, 6.07) is 7.54. The van der Waals surface area contributed by atoms with E-state index in [1.165, 1.54) is 0 Å². The lowest BCUT2D eigenvalue weighted by Gasteiger charge is -2.37. The number of methoxy groups -OCH3 is 2. The molecule has 1 aromatic carbocycles. The van der Waals surface area contributed by atoms with Crippen molar-refractivity contribution in [1.82, 2.24) is 0 Å². The fourth-order valence-corrected chi connectivity index (χ4v) is 5.99. The predicted molar refractivity (Wildman–Crippen MR) is 194 cm³/mol. The highest BCUT2D eigenvalue weighted by Gasteiger charge is 2.38. The van der Waals surface area contributed by atoms with E-state index in [0.717, 1.165) is 16.9 Å². The molecule has 1 rings (SSSR count). The fourth-order valence-electron chi connectivity index (χ4n) is 4.96. The summed E-state index contributed by atoms with van der Waals surface area (Å²) in [6.45, 7) is 25.4. The summed E-state index contributed by atoms with van der Waals surface area (Å²) >= 11 is 0. The van der Waals surface area contributed by atoms with Crippen molar-refractivity contribution in [2.24, 2.45) is 11.8 Å². The molecule has 0 spiro atoms. The lowest BCUT2D eigenvalue weighted by Crippen LogP contribution is -2.43. The molecule has 0 aliphatic rings. The molecule has 0 unspecified atom stereocenters. The number of ketones is 1. The van der Waals surface area contributed by atoms with Gasteiger partial charge in [0.25, 0.3) is 0 Å². The molecule has 0 bridgehead atoms. The number of aliphatic hydroxyl groups is 1. The number of esters is 1. The minimum absolute atomic E-state index is 0.0174. The maximum absolute atomic E-state index is 13.1. The Kier molecular flexibility index (Phi) is 19.4. The molecular formula is C38H62O9Si. The van der Waals surface area contributed by atoms with Gasteiger partial charge in [0.05, 0.1) is 51.8 Å². The average Bonchev–Trinajstić information content (AvgIpc) is 3.02.